The highest BCUT2D eigenvalue weighted by Crippen LogP contribution is 2.27. The molecule has 28 heavy (non-hydrogen) atoms. The molecule has 1 saturated heterocycles. The molecule has 2 aromatic carbocycles. The summed E-state index contributed by atoms with van der Waals surface area (Å²) in [5.41, 5.74) is 8.39. The van der Waals surface area contributed by atoms with Crippen LogP contribution < -0.4 is 20.7 Å². The number of hydrogen-bond acceptors (Lipinski definition) is 4. The summed E-state index contributed by atoms with van der Waals surface area (Å²) in [5, 5.41) is 3.45. The monoisotopic (exact) mass is 520 g/mol. The van der Waals surface area contributed by atoms with Gasteiger partial charge in [-0.05, 0) is 42.0 Å². The van der Waals surface area contributed by atoms with Crippen LogP contribution in [0.25, 0.3) is 0 Å². The molecular formula is C19H23ClFIN4O2. The van der Waals surface area contributed by atoms with Crippen molar-refractivity contribution in [3.05, 3.63) is 52.8 Å². The molecule has 0 unspecified atom stereocenters. The molecule has 152 valence electrons. The molecule has 2 aromatic rings. The third-order valence-electron chi connectivity index (χ3n) is 4.24. The first-order chi connectivity index (χ1) is 13.1. The largest absolute Gasteiger partial charge is 0.495 e. The molecule has 0 bridgehead atoms. The zero-order valence-electron chi connectivity index (χ0n) is 15.5. The number of nitrogens with one attached hydrogen (secondary N) is 1. The Labute approximate surface area is 185 Å². The van der Waals surface area contributed by atoms with E-state index in [1.807, 2.05) is 0 Å². The average Bonchev–Trinajstić information content (AvgIpc) is 2.67. The van der Waals surface area contributed by atoms with E-state index in [0.29, 0.717) is 29.7 Å². The lowest BCUT2D eigenvalue weighted by atomic mass is 10.1. The summed E-state index contributed by atoms with van der Waals surface area (Å²) >= 11 is 6.11. The predicted molar refractivity (Wildman–Crippen MR) is 122 cm³/mol. The minimum atomic E-state index is -0.300. The van der Waals surface area contributed by atoms with Gasteiger partial charge < -0.3 is 25.4 Å². The summed E-state index contributed by atoms with van der Waals surface area (Å²) in [4.78, 5) is 6.51. The van der Waals surface area contributed by atoms with Crippen LogP contribution in [0, 0.1) is 5.82 Å². The van der Waals surface area contributed by atoms with Crippen LogP contribution in [0.1, 0.15) is 5.56 Å². The Kier molecular flexibility index (Phi) is 8.58. The molecule has 1 fully saturated rings. The van der Waals surface area contributed by atoms with Crippen LogP contribution in [-0.2, 0) is 11.3 Å². The maximum Gasteiger partial charge on any atom is 0.193 e. The van der Waals surface area contributed by atoms with Gasteiger partial charge in [-0.15, -0.1) is 24.0 Å². The van der Waals surface area contributed by atoms with Crippen molar-refractivity contribution in [1.82, 2.24) is 0 Å². The molecule has 6 nitrogen and oxygen atoms in total. The number of methoxy groups -OCH3 is 1. The van der Waals surface area contributed by atoms with Crippen molar-refractivity contribution in [1.29, 1.82) is 0 Å². The van der Waals surface area contributed by atoms with Crippen molar-refractivity contribution in [3.63, 3.8) is 0 Å². The van der Waals surface area contributed by atoms with Gasteiger partial charge in [0, 0.05) is 24.5 Å². The Hall–Kier alpha value is -1.78. The number of hydrogen-bond donors (Lipinski definition) is 2. The highest BCUT2D eigenvalue weighted by Gasteiger charge is 2.15. The zero-order valence-corrected chi connectivity index (χ0v) is 18.5. The second-order valence-electron chi connectivity index (χ2n) is 6.05. The minimum Gasteiger partial charge on any atom is -0.495 e. The quantitative estimate of drug-likeness (QED) is 0.356. The number of anilines is 2. The van der Waals surface area contributed by atoms with Gasteiger partial charge in [0.05, 0.1) is 31.9 Å². The number of ether oxygens (including phenoxy) is 2. The van der Waals surface area contributed by atoms with Crippen LogP contribution >= 0.6 is 35.6 Å². The van der Waals surface area contributed by atoms with Gasteiger partial charge in [-0.2, -0.15) is 0 Å². The van der Waals surface area contributed by atoms with E-state index in [1.165, 1.54) is 12.1 Å². The zero-order chi connectivity index (χ0) is 19.2. The van der Waals surface area contributed by atoms with Crippen molar-refractivity contribution in [2.75, 3.05) is 43.6 Å². The van der Waals surface area contributed by atoms with Gasteiger partial charge in [-0.25, -0.2) is 9.38 Å². The highest BCUT2D eigenvalue weighted by molar-refractivity contribution is 14.0. The summed E-state index contributed by atoms with van der Waals surface area (Å²) in [5.74, 6) is 0.492. The normalized spacial score (nSPS) is 14.4. The first-order valence-electron chi connectivity index (χ1n) is 8.58. The molecule has 9 heteroatoms. The molecule has 1 aliphatic rings. The number of benzene rings is 2. The van der Waals surface area contributed by atoms with E-state index >= 15 is 0 Å². The molecule has 0 aromatic heterocycles. The second-order valence-corrected chi connectivity index (χ2v) is 6.46. The Balaban J connectivity index is 0.00000280. The van der Waals surface area contributed by atoms with Gasteiger partial charge in [-0.1, -0.05) is 11.6 Å². The Bertz CT molecular complexity index is 832. The lowest BCUT2D eigenvalue weighted by Crippen LogP contribution is -2.36. The third-order valence-corrected chi connectivity index (χ3v) is 4.53. The van der Waals surface area contributed by atoms with Gasteiger partial charge in [0.15, 0.2) is 5.96 Å². The van der Waals surface area contributed by atoms with Gasteiger partial charge in [0.25, 0.3) is 0 Å². The van der Waals surface area contributed by atoms with Crippen molar-refractivity contribution in [3.8, 4) is 5.75 Å². The standard InChI is InChI=1S/C19H22ClFN4O2.HI/c1-26-18-5-3-15(11-16(18)20)24-19(22)23-12-13-10-14(21)2-4-17(13)25-6-8-27-9-7-25;/h2-5,10-11H,6-9,12H2,1H3,(H3,22,23,24);1H. The van der Waals surface area contributed by atoms with Crippen LogP contribution in [0.3, 0.4) is 0 Å². The molecule has 0 amide bonds. The summed E-state index contributed by atoms with van der Waals surface area (Å²) in [6, 6.07) is 9.95. The summed E-state index contributed by atoms with van der Waals surface area (Å²) in [6.07, 6.45) is 0. The lowest BCUT2D eigenvalue weighted by molar-refractivity contribution is 0.122. The number of nitrogens with zero attached hydrogens (tertiary/aromatic N) is 2. The molecule has 0 radical (unpaired) electrons. The number of nitrogens with two attached hydrogens (primary N) is 1. The number of morpholine rings is 1. The van der Waals surface area contributed by atoms with E-state index in [1.54, 1.807) is 31.4 Å². The van der Waals surface area contributed by atoms with E-state index < -0.39 is 0 Å². The smallest absolute Gasteiger partial charge is 0.193 e. The fourth-order valence-corrected chi connectivity index (χ4v) is 3.15. The number of halogens is 3. The summed E-state index contributed by atoms with van der Waals surface area (Å²) < 4.78 is 24.2. The maximum absolute atomic E-state index is 13.7. The van der Waals surface area contributed by atoms with E-state index in [4.69, 9.17) is 26.8 Å². The van der Waals surface area contributed by atoms with Crippen LogP contribution in [-0.4, -0.2) is 39.4 Å². The summed E-state index contributed by atoms with van der Waals surface area (Å²) in [7, 11) is 1.55. The maximum atomic E-state index is 13.7. The van der Waals surface area contributed by atoms with Gasteiger partial charge in [0.1, 0.15) is 11.6 Å². The SMILES string of the molecule is COc1ccc(NC(N)=NCc2cc(F)ccc2N2CCOCC2)cc1Cl.I. The highest BCUT2D eigenvalue weighted by atomic mass is 127. The van der Waals surface area contributed by atoms with Crippen molar-refractivity contribution in [2.24, 2.45) is 10.7 Å². The van der Waals surface area contributed by atoms with E-state index in [2.05, 4.69) is 15.2 Å². The molecule has 3 N–H and O–H groups in total. The lowest BCUT2D eigenvalue weighted by Gasteiger charge is -2.30. The van der Waals surface area contributed by atoms with Crippen molar-refractivity contribution >= 4 is 52.9 Å². The van der Waals surface area contributed by atoms with Crippen LogP contribution in [0.5, 0.6) is 5.75 Å². The molecule has 0 atom stereocenters. The molecule has 3 rings (SSSR count). The van der Waals surface area contributed by atoms with Crippen LogP contribution in [0.4, 0.5) is 15.8 Å². The molecular weight excluding hydrogens is 498 g/mol. The average molecular weight is 521 g/mol. The number of rotatable bonds is 5. The third kappa shape index (κ3) is 5.86. The molecule has 0 aliphatic carbocycles. The first kappa shape index (κ1) is 22.5. The minimum absolute atomic E-state index is 0. The number of guanidine groups is 1. The molecule has 0 spiro atoms. The Morgan fingerprint density at radius 2 is 2.04 bits per heavy atom. The molecule has 1 aliphatic heterocycles. The van der Waals surface area contributed by atoms with Crippen LogP contribution in [0.2, 0.25) is 5.02 Å². The Morgan fingerprint density at radius 1 is 1.29 bits per heavy atom. The molecule has 1 heterocycles. The van der Waals surface area contributed by atoms with E-state index in [-0.39, 0.29) is 42.3 Å². The van der Waals surface area contributed by atoms with E-state index in [9.17, 15) is 4.39 Å². The van der Waals surface area contributed by atoms with Gasteiger partial charge in [-0.3, -0.25) is 0 Å². The molecule has 0 saturated carbocycles. The van der Waals surface area contributed by atoms with Crippen LogP contribution in [0.15, 0.2) is 41.4 Å². The second kappa shape index (κ2) is 10.7. The van der Waals surface area contributed by atoms with Gasteiger partial charge in [0.2, 0.25) is 0 Å². The Morgan fingerprint density at radius 3 is 2.71 bits per heavy atom. The number of aliphatic imine (C=N–C) groups is 1. The topological polar surface area (TPSA) is 72.1 Å². The fraction of sp³-hybridized carbons (Fsp3) is 0.316. The van der Waals surface area contributed by atoms with Gasteiger partial charge >= 0.3 is 0 Å². The van der Waals surface area contributed by atoms with Crippen molar-refractivity contribution in [2.45, 2.75) is 6.54 Å². The predicted octanol–water partition coefficient (Wildman–Crippen LogP) is 3.87. The summed E-state index contributed by atoms with van der Waals surface area (Å²) in [6.45, 7) is 3.10. The first-order valence-corrected chi connectivity index (χ1v) is 8.96. The van der Waals surface area contributed by atoms with Crippen molar-refractivity contribution < 1.29 is 13.9 Å². The fourth-order valence-electron chi connectivity index (χ4n) is 2.90. The van der Waals surface area contributed by atoms with E-state index in [0.717, 1.165) is 24.3 Å².